The van der Waals surface area contributed by atoms with Crippen LogP contribution in [0.5, 0.6) is 0 Å². The highest BCUT2D eigenvalue weighted by Crippen LogP contribution is 2.36. The monoisotopic (exact) mass is 438 g/mol. The number of para-hydroxylation sites is 2. The van der Waals surface area contributed by atoms with Crippen LogP contribution in [0.1, 0.15) is 15.9 Å². The first-order valence-electron chi connectivity index (χ1n) is 8.62. The number of nitrogens with one attached hydrogen (secondary N) is 2. The predicted octanol–water partition coefficient (Wildman–Crippen LogP) is 7.02. The Balaban J connectivity index is 1.85. The van der Waals surface area contributed by atoms with E-state index in [4.69, 9.17) is 0 Å². The maximum atomic E-state index is 13.3. The second kappa shape index (κ2) is 9.17. The molecular formula is C21H15F5N2OS. The number of amides is 1. The summed E-state index contributed by atoms with van der Waals surface area (Å²) in [7, 11) is 0. The molecule has 0 aliphatic heterocycles. The molecule has 0 heterocycles. The molecule has 3 aromatic carbocycles. The van der Waals surface area contributed by atoms with E-state index in [1.807, 2.05) is 0 Å². The van der Waals surface area contributed by atoms with Gasteiger partial charge in [-0.05, 0) is 42.5 Å². The molecule has 1 amide bonds. The molecule has 0 bridgehead atoms. The smallest absolute Gasteiger partial charge is 0.354 e. The van der Waals surface area contributed by atoms with Crippen molar-refractivity contribution in [2.45, 2.75) is 16.8 Å². The number of halogens is 5. The molecule has 2 N–H and O–H groups in total. The molecule has 30 heavy (non-hydrogen) atoms. The maximum absolute atomic E-state index is 13.3. The van der Waals surface area contributed by atoms with E-state index in [0.29, 0.717) is 11.8 Å². The third-order valence-electron chi connectivity index (χ3n) is 3.99. The number of rotatable bonds is 6. The third-order valence-corrected chi connectivity index (χ3v) is 4.69. The van der Waals surface area contributed by atoms with Crippen molar-refractivity contribution < 1.29 is 26.7 Å². The van der Waals surface area contributed by atoms with Crippen LogP contribution in [-0.2, 0) is 6.18 Å². The Morgan fingerprint density at radius 2 is 1.53 bits per heavy atom. The van der Waals surface area contributed by atoms with Crippen LogP contribution in [0.4, 0.5) is 39.0 Å². The molecule has 0 aliphatic carbocycles. The molecule has 3 rings (SSSR count). The Morgan fingerprint density at radius 1 is 0.867 bits per heavy atom. The van der Waals surface area contributed by atoms with Gasteiger partial charge in [-0.25, -0.2) is 0 Å². The fourth-order valence-electron chi connectivity index (χ4n) is 2.72. The molecule has 0 unspecified atom stereocenters. The first kappa shape index (κ1) is 21.6. The molecule has 0 aromatic heterocycles. The SMILES string of the molecule is O=C(Nc1cccc(SC(F)F)c1)c1ccccc1Nc1ccccc1C(F)(F)F. The molecule has 3 nitrogen and oxygen atoms in total. The number of thioether (sulfide) groups is 1. The number of anilines is 3. The van der Waals surface area contributed by atoms with Crippen molar-refractivity contribution in [3.8, 4) is 0 Å². The fraction of sp³-hybridized carbons (Fsp3) is 0.0952. The van der Waals surface area contributed by atoms with Crippen molar-refractivity contribution in [3.63, 3.8) is 0 Å². The normalized spacial score (nSPS) is 11.4. The molecule has 0 aliphatic rings. The zero-order valence-electron chi connectivity index (χ0n) is 15.2. The third kappa shape index (κ3) is 5.50. The van der Waals surface area contributed by atoms with E-state index in [2.05, 4.69) is 10.6 Å². The van der Waals surface area contributed by atoms with E-state index in [0.717, 1.165) is 6.07 Å². The van der Waals surface area contributed by atoms with Crippen molar-refractivity contribution in [1.82, 2.24) is 0 Å². The van der Waals surface area contributed by atoms with Crippen molar-refractivity contribution in [2.75, 3.05) is 10.6 Å². The van der Waals surface area contributed by atoms with E-state index < -0.39 is 23.4 Å². The second-order valence-corrected chi connectivity index (χ2v) is 7.14. The summed E-state index contributed by atoms with van der Waals surface area (Å²) in [5.74, 6) is -3.20. The van der Waals surface area contributed by atoms with Gasteiger partial charge >= 0.3 is 6.18 Å². The van der Waals surface area contributed by atoms with Crippen LogP contribution in [0, 0.1) is 0 Å². The quantitative estimate of drug-likeness (QED) is 0.321. The molecule has 0 spiro atoms. The van der Waals surface area contributed by atoms with E-state index in [9.17, 15) is 26.7 Å². The maximum Gasteiger partial charge on any atom is 0.418 e. The van der Waals surface area contributed by atoms with Crippen LogP contribution in [0.25, 0.3) is 0 Å². The highest BCUT2D eigenvalue weighted by molar-refractivity contribution is 7.99. The standard InChI is InChI=1S/C21H15F5N2OS/c22-20(23)30-14-7-5-6-13(12-14)27-19(29)15-8-1-3-10-17(15)28-18-11-4-2-9-16(18)21(24,25)26/h1-12,20,28H,(H,27,29). The summed E-state index contributed by atoms with van der Waals surface area (Å²) in [6.07, 6.45) is -4.57. The minimum atomic E-state index is -4.57. The highest BCUT2D eigenvalue weighted by Gasteiger charge is 2.33. The summed E-state index contributed by atoms with van der Waals surface area (Å²) in [5, 5.41) is 5.25. The fourth-order valence-corrected chi connectivity index (χ4v) is 3.28. The van der Waals surface area contributed by atoms with Gasteiger partial charge in [0.25, 0.3) is 11.7 Å². The van der Waals surface area contributed by atoms with E-state index in [1.54, 1.807) is 12.1 Å². The molecule has 9 heteroatoms. The average Bonchev–Trinajstić information content (AvgIpc) is 2.68. The van der Waals surface area contributed by atoms with Gasteiger partial charge in [0.1, 0.15) is 0 Å². The van der Waals surface area contributed by atoms with E-state index in [-0.39, 0.29) is 27.5 Å². The minimum absolute atomic E-state index is 0.0985. The average molecular weight is 438 g/mol. The number of carbonyl (C=O) groups is 1. The lowest BCUT2D eigenvalue weighted by Crippen LogP contribution is -2.15. The summed E-state index contributed by atoms with van der Waals surface area (Å²) in [6.45, 7) is 0. The van der Waals surface area contributed by atoms with Gasteiger partial charge in [0.15, 0.2) is 0 Å². The summed E-state index contributed by atoms with van der Waals surface area (Å²) in [4.78, 5) is 13.0. The molecule has 0 fully saturated rings. The number of hydrogen-bond donors (Lipinski definition) is 2. The lowest BCUT2D eigenvalue weighted by Gasteiger charge is -2.16. The van der Waals surface area contributed by atoms with Crippen molar-refractivity contribution >= 4 is 34.7 Å². The van der Waals surface area contributed by atoms with Crippen molar-refractivity contribution in [1.29, 1.82) is 0 Å². The predicted molar refractivity (Wildman–Crippen MR) is 107 cm³/mol. The Bertz CT molecular complexity index is 1040. The van der Waals surface area contributed by atoms with Crippen LogP contribution in [0.15, 0.2) is 77.7 Å². The number of benzene rings is 3. The van der Waals surface area contributed by atoms with Gasteiger partial charge in [-0.3, -0.25) is 4.79 Å². The van der Waals surface area contributed by atoms with Crippen LogP contribution in [0.3, 0.4) is 0 Å². The summed E-state index contributed by atoms with van der Waals surface area (Å²) >= 11 is 0.341. The Morgan fingerprint density at radius 3 is 2.23 bits per heavy atom. The molecule has 0 radical (unpaired) electrons. The van der Waals surface area contributed by atoms with Gasteiger partial charge in [-0.15, -0.1) is 0 Å². The zero-order chi connectivity index (χ0) is 21.7. The van der Waals surface area contributed by atoms with Crippen LogP contribution in [-0.4, -0.2) is 11.7 Å². The molecule has 3 aromatic rings. The number of carbonyl (C=O) groups excluding carboxylic acids is 1. The van der Waals surface area contributed by atoms with Crippen LogP contribution in [0.2, 0.25) is 0 Å². The Hall–Kier alpha value is -3.07. The van der Waals surface area contributed by atoms with Gasteiger partial charge in [0.05, 0.1) is 22.5 Å². The topological polar surface area (TPSA) is 41.1 Å². The van der Waals surface area contributed by atoms with Crippen LogP contribution < -0.4 is 10.6 Å². The Labute approximate surface area is 173 Å². The molecule has 0 saturated heterocycles. The van der Waals surface area contributed by atoms with Crippen molar-refractivity contribution in [3.05, 3.63) is 83.9 Å². The molecule has 0 atom stereocenters. The van der Waals surface area contributed by atoms with Gasteiger partial charge in [0.2, 0.25) is 0 Å². The lowest BCUT2D eigenvalue weighted by molar-refractivity contribution is -0.136. The first-order valence-corrected chi connectivity index (χ1v) is 9.50. The number of alkyl halides is 5. The molecule has 0 saturated carbocycles. The van der Waals surface area contributed by atoms with Gasteiger partial charge < -0.3 is 10.6 Å². The Kier molecular flexibility index (Phi) is 6.61. The first-order chi connectivity index (χ1) is 14.2. The summed E-state index contributed by atoms with van der Waals surface area (Å²) in [6, 6.07) is 16.9. The van der Waals surface area contributed by atoms with E-state index in [1.165, 1.54) is 54.6 Å². The largest absolute Gasteiger partial charge is 0.418 e. The number of hydrogen-bond acceptors (Lipinski definition) is 3. The van der Waals surface area contributed by atoms with Gasteiger partial charge in [-0.2, -0.15) is 22.0 Å². The summed E-state index contributed by atoms with van der Waals surface area (Å²) < 4.78 is 64.8. The summed E-state index contributed by atoms with van der Waals surface area (Å²) in [5.41, 5.74) is -0.500. The van der Waals surface area contributed by atoms with Crippen LogP contribution >= 0.6 is 11.8 Å². The highest BCUT2D eigenvalue weighted by atomic mass is 32.2. The lowest BCUT2D eigenvalue weighted by atomic mass is 10.1. The minimum Gasteiger partial charge on any atom is -0.354 e. The van der Waals surface area contributed by atoms with Crippen molar-refractivity contribution in [2.24, 2.45) is 0 Å². The molecular weight excluding hydrogens is 423 g/mol. The second-order valence-electron chi connectivity index (χ2n) is 6.07. The van der Waals surface area contributed by atoms with Gasteiger partial charge in [0, 0.05) is 10.6 Å². The zero-order valence-corrected chi connectivity index (χ0v) is 16.0. The van der Waals surface area contributed by atoms with E-state index >= 15 is 0 Å². The molecule has 156 valence electrons. The van der Waals surface area contributed by atoms with Gasteiger partial charge in [-0.1, -0.05) is 42.1 Å².